The second-order valence-corrected chi connectivity index (χ2v) is 11.3. The lowest BCUT2D eigenvalue weighted by molar-refractivity contribution is 0.0913. The molecule has 0 aliphatic heterocycles. The van der Waals surface area contributed by atoms with Crippen molar-refractivity contribution in [2.24, 2.45) is 0 Å². The van der Waals surface area contributed by atoms with Gasteiger partial charge >= 0.3 is 0 Å². The molecule has 0 unspecified atom stereocenters. The summed E-state index contributed by atoms with van der Waals surface area (Å²) in [4.78, 5) is 5.15. The lowest BCUT2D eigenvalue weighted by atomic mass is 10.0. The molecule has 0 saturated heterocycles. The van der Waals surface area contributed by atoms with Gasteiger partial charge in [0.05, 0.1) is 26.4 Å². The molecule has 0 aliphatic carbocycles. The van der Waals surface area contributed by atoms with Crippen LogP contribution in [0.25, 0.3) is 11.1 Å². The zero-order valence-electron chi connectivity index (χ0n) is 26.5. The van der Waals surface area contributed by atoms with Gasteiger partial charge in [-0.3, -0.25) is 0 Å². The molecule has 2 rings (SSSR count). The third kappa shape index (κ3) is 15.3. The molecule has 0 amide bonds. The van der Waals surface area contributed by atoms with Gasteiger partial charge < -0.3 is 19.3 Å². The average Bonchev–Trinajstić information content (AvgIpc) is 2.99. The van der Waals surface area contributed by atoms with Crippen molar-refractivity contribution < 1.29 is 9.47 Å². The monoisotopic (exact) mass is 552 g/mol. The molecule has 4 heteroatoms. The summed E-state index contributed by atoms with van der Waals surface area (Å²) in [6, 6.07) is 17.7. The maximum absolute atomic E-state index is 6.04. The normalized spacial score (nSPS) is 11.7. The molecule has 0 aliphatic rings. The Bertz CT molecular complexity index is 765. The third-order valence-corrected chi connectivity index (χ3v) is 7.69. The highest BCUT2D eigenvalue weighted by molar-refractivity contribution is 5.63. The van der Waals surface area contributed by atoms with Crippen molar-refractivity contribution in [1.29, 1.82) is 0 Å². The molecule has 0 aromatic heterocycles. The van der Waals surface area contributed by atoms with Crippen molar-refractivity contribution in [1.82, 2.24) is 9.80 Å². The third-order valence-electron chi connectivity index (χ3n) is 7.69. The van der Waals surface area contributed by atoms with Crippen molar-refractivity contribution >= 4 is 0 Å². The zero-order chi connectivity index (χ0) is 28.7. The van der Waals surface area contributed by atoms with Gasteiger partial charge in [-0.05, 0) is 74.1 Å². The van der Waals surface area contributed by atoms with Crippen LogP contribution in [-0.2, 0) is 22.7 Å². The standard InChI is InChI=1S/C36H60N2O2/c1-5-9-13-25-37(23-11-7-3)27-29-39-31-33-15-19-35(20-16-33)36-21-17-34(18-22-36)32-40-30-28-38(24-12-8-4)26-14-10-6-2/h15-22H,5-14,23-32H2,1-4H3. The molecule has 0 saturated carbocycles. The van der Waals surface area contributed by atoms with Crippen LogP contribution in [-0.4, -0.2) is 62.3 Å². The van der Waals surface area contributed by atoms with Crippen LogP contribution in [0.3, 0.4) is 0 Å². The van der Waals surface area contributed by atoms with E-state index in [1.165, 1.54) is 113 Å². The van der Waals surface area contributed by atoms with E-state index in [9.17, 15) is 0 Å². The molecule has 2 aromatic carbocycles. The summed E-state index contributed by atoms with van der Waals surface area (Å²) in [6.07, 6.45) is 12.9. The Morgan fingerprint density at radius 3 is 1.12 bits per heavy atom. The van der Waals surface area contributed by atoms with E-state index in [0.29, 0.717) is 13.2 Å². The average molecular weight is 553 g/mol. The van der Waals surface area contributed by atoms with Crippen LogP contribution in [0, 0.1) is 0 Å². The van der Waals surface area contributed by atoms with Gasteiger partial charge in [0.15, 0.2) is 0 Å². The first-order valence-corrected chi connectivity index (χ1v) is 16.5. The van der Waals surface area contributed by atoms with Gasteiger partial charge in [-0.2, -0.15) is 0 Å². The van der Waals surface area contributed by atoms with Gasteiger partial charge in [-0.1, -0.05) is 115 Å². The van der Waals surface area contributed by atoms with E-state index < -0.39 is 0 Å². The molecule has 0 N–H and O–H groups in total. The number of benzene rings is 2. The summed E-state index contributed by atoms with van der Waals surface area (Å²) in [5.74, 6) is 0. The zero-order valence-corrected chi connectivity index (χ0v) is 26.5. The van der Waals surface area contributed by atoms with Gasteiger partial charge in [0.1, 0.15) is 0 Å². The molecule has 0 heterocycles. The van der Waals surface area contributed by atoms with E-state index in [2.05, 4.69) is 86.0 Å². The number of hydrogen-bond donors (Lipinski definition) is 0. The SMILES string of the molecule is CCCCCN(CCCC)CCOCc1ccc(-c2ccc(COCCN(CCCC)CCCCC)cc2)cc1. The number of unbranched alkanes of at least 4 members (excludes halogenated alkanes) is 6. The highest BCUT2D eigenvalue weighted by Gasteiger charge is 2.06. The lowest BCUT2D eigenvalue weighted by Crippen LogP contribution is -2.29. The topological polar surface area (TPSA) is 24.9 Å². The molecule has 4 nitrogen and oxygen atoms in total. The Kier molecular flexibility index (Phi) is 19.7. The molecule has 226 valence electrons. The predicted molar refractivity (Wildman–Crippen MR) is 173 cm³/mol. The molecule has 0 spiro atoms. The summed E-state index contributed by atoms with van der Waals surface area (Å²) in [6.45, 7) is 18.9. The molecular formula is C36H60N2O2. The van der Waals surface area contributed by atoms with Crippen molar-refractivity contribution in [2.45, 2.75) is 105 Å². The molecule has 0 bridgehead atoms. The minimum absolute atomic E-state index is 0.682. The van der Waals surface area contributed by atoms with Gasteiger partial charge in [-0.15, -0.1) is 0 Å². The van der Waals surface area contributed by atoms with Crippen LogP contribution in [0.4, 0.5) is 0 Å². The summed E-state index contributed by atoms with van der Waals surface area (Å²) in [5, 5.41) is 0. The van der Waals surface area contributed by atoms with Crippen LogP contribution in [0.5, 0.6) is 0 Å². The van der Waals surface area contributed by atoms with E-state index >= 15 is 0 Å². The lowest BCUT2D eigenvalue weighted by Gasteiger charge is -2.22. The van der Waals surface area contributed by atoms with E-state index in [1.54, 1.807) is 0 Å². The van der Waals surface area contributed by atoms with E-state index in [4.69, 9.17) is 9.47 Å². The van der Waals surface area contributed by atoms with Gasteiger partial charge in [-0.25, -0.2) is 0 Å². The van der Waals surface area contributed by atoms with Crippen LogP contribution in [0.15, 0.2) is 48.5 Å². The molecule has 0 atom stereocenters. The quantitative estimate of drug-likeness (QED) is 0.115. The smallest absolute Gasteiger partial charge is 0.0717 e. The van der Waals surface area contributed by atoms with Crippen LogP contribution < -0.4 is 0 Å². The van der Waals surface area contributed by atoms with Crippen molar-refractivity contribution in [3.05, 3.63) is 59.7 Å². The molecule has 0 fully saturated rings. The molecular weight excluding hydrogens is 492 g/mol. The van der Waals surface area contributed by atoms with E-state index in [-0.39, 0.29) is 0 Å². The van der Waals surface area contributed by atoms with Crippen LogP contribution in [0.2, 0.25) is 0 Å². The minimum atomic E-state index is 0.682. The van der Waals surface area contributed by atoms with Gasteiger partial charge in [0.2, 0.25) is 0 Å². The Hall–Kier alpha value is -1.72. The van der Waals surface area contributed by atoms with Gasteiger partial charge in [0.25, 0.3) is 0 Å². The number of nitrogens with zero attached hydrogens (tertiary/aromatic N) is 2. The van der Waals surface area contributed by atoms with E-state index in [0.717, 1.165) is 26.3 Å². The number of ether oxygens (including phenoxy) is 2. The largest absolute Gasteiger partial charge is 0.375 e. The van der Waals surface area contributed by atoms with Crippen molar-refractivity contribution in [2.75, 3.05) is 52.5 Å². The fourth-order valence-electron chi connectivity index (χ4n) is 4.96. The number of hydrogen-bond acceptors (Lipinski definition) is 4. The van der Waals surface area contributed by atoms with Gasteiger partial charge in [0, 0.05) is 13.1 Å². The first kappa shape index (κ1) is 34.5. The Labute approximate surface area is 247 Å². The highest BCUT2D eigenvalue weighted by Crippen LogP contribution is 2.21. The second-order valence-electron chi connectivity index (χ2n) is 11.3. The Morgan fingerprint density at radius 1 is 0.425 bits per heavy atom. The molecule has 0 radical (unpaired) electrons. The summed E-state index contributed by atoms with van der Waals surface area (Å²) >= 11 is 0. The highest BCUT2D eigenvalue weighted by atomic mass is 16.5. The second kappa shape index (κ2) is 22.9. The number of rotatable bonds is 25. The maximum atomic E-state index is 6.04. The van der Waals surface area contributed by atoms with Crippen LogP contribution in [0.1, 0.15) is 103 Å². The van der Waals surface area contributed by atoms with Crippen LogP contribution >= 0.6 is 0 Å². The molecule has 2 aromatic rings. The molecule has 40 heavy (non-hydrogen) atoms. The predicted octanol–water partition coefficient (Wildman–Crippen LogP) is 8.97. The minimum Gasteiger partial charge on any atom is -0.375 e. The summed E-state index contributed by atoms with van der Waals surface area (Å²) in [5.41, 5.74) is 4.97. The fourth-order valence-corrected chi connectivity index (χ4v) is 4.96. The summed E-state index contributed by atoms with van der Waals surface area (Å²) < 4.78 is 12.1. The fraction of sp³-hybridized carbons (Fsp3) is 0.667. The maximum Gasteiger partial charge on any atom is 0.0717 e. The Balaban J connectivity index is 1.71. The van der Waals surface area contributed by atoms with Crippen molar-refractivity contribution in [3.8, 4) is 11.1 Å². The van der Waals surface area contributed by atoms with E-state index in [1.807, 2.05) is 0 Å². The first-order valence-electron chi connectivity index (χ1n) is 16.5. The Morgan fingerprint density at radius 2 is 0.775 bits per heavy atom. The summed E-state index contributed by atoms with van der Waals surface area (Å²) in [7, 11) is 0. The first-order chi connectivity index (χ1) is 19.7. The van der Waals surface area contributed by atoms with Crippen molar-refractivity contribution in [3.63, 3.8) is 0 Å².